The predicted octanol–water partition coefficient (Wildman–Crippen LogP) is 4.31. The minimum atomic E-state index is -0.655. The van der Waals surface area contributed by atoms with Gasteiger partial charge in [0.2, 0.25) is 5.91 Å². The first-order valence-corrected chi connectivity index (χ1v) is 13.4. The molecular weight excluding hydrogens is 529 g/mol. The van der Waals surface area contributed by atoms with Crippen LogP contribution in [-0.2, 0) is 14.9 Å². The second kappa shape index (κ2) is 9.48. The number of morpholine rings is 1. The Hall–Kier alpha value is -4.64. The summed E-state index contributed by atoms with van der Waals surface area (Å²) < 4.78 is 31.3. The van der Waals surface area contributed by atoms with Crippen molar-refractivity contribution in [2.24, 2.45) is 0 Å². The second-order valence-corrected chi connectivity index (χ2v) is 10.5. The summed E-state index contributed by atoms with van der Waals surface area (Å²) in [6.07, 6.45) is 0.704. The van der Waals surface area contributed by atoms with Crippen molar-refractivity contribution in [1.82, 2.24) is 15.1 Å². The van der Waals surface area contributed by atoms with Crippen LogP contribution in [0, 0.1) is 5.82 Å². The van der Waals surface area contributed by atoms with Crippen molar-refractivity contribution < 1.29 is 28.2 Å². The average molecular weight is 558 g/mol. The first-order valence-electron chi connectivity index (χ1n) is 13.4. The van der Waals surface area contributed by atoms with Gasteiger partial charge in [0.05, 0.1) is 49.6 Å². The number of benzene rings is 3. The van der Waals surface area contributed by atoms with Crippen LogP contribution < -0.4 is 20.1 Å². The zero-order valence-electron chi connectivity index (χ0n) is 22.5. The Morgan fingerprint density at radius 3 is 2.73 bits per heavy atom. The molecule has 11 heteroatoms. The van der Waals surface area contributed by atoms with Gasteiger partial charge in [-0.25, -0.2) is 4.39 Å². The molecule has 10 nitrogen and oxygen atoms in total. The Morgan fingerprint density at radius 1 is 1.12 bits per heavy atom. The van der Waals surface area contributed by atoms with Crippen LogP contribution in [-0.4, -0.2) is 67.4 Å². The number of methoxy groups -OCH3 is 2. The molecule has 210 valence electrons. The summed E-state index contributed by atoms with van der Waals surface area (Å²) in [6, 6.07) is 14.3. The third kappa shape index (κ3) is 3.99. The van der Waals surface area contributed by atoms with Crippen LogP contribution in [0.1, 0.15) is 33.8 Å². The van der Waals surface area contributed by atoms with Gasteiger partial charge in [0.15, 0.2) is 5.82 Å². The van der Waals surface area contributed by atoms with Gasteiger partial charge in [0.25, 0.3) is 5.91 Å². The van der Waals surface area contributed by atoms with Crippen LogP contribution >= 0.6 is 0 Å². The predicted molar refractivity (Wildman–Crippen MR) is 150 cm³/mol. The molecule has 1 aliphatic carbocycles. The lowest BCUT2D eigenvalue weighted by Crippen LogP contribution is -2.41. The molecule has 3 aromatic carbocycles. The molecule has 0 radical (unpaired) electrons. The first kappa shape index (κ1) is 25.3. The maximum atomic E-state index is 15.1. The summed E-state index contributed by atoms with van der Waals surface area (Å²) >= 11 is 0. The molecule has 2 fully saturated rings. The van der Waals surface area contributed by atoms with Gasteiger partial charge in [-0.15, -0.1) is 0 Å². The third-order valence-corrected chi connectivity index (χ3v) is 8.38. The van der Waals surface area contributed by atoms with E-state index in [2.05, 4.69) is 20.8 Å². The number of carbonyl (C=O) groups is 2. The van der Waals surface area contributed by atoms with E-state index in [4.69, 9.17) is 14.2 Å². The van der Waals surface area contributed by atoms with Crippen LogP contribution in [0.3, 0.4) is 0 Å². The minimum Gasteiger partial charge on any atom is -0.497 e. The van der Waals surface area contributed by atoms with E-state index in [1.54, 1.807) is 12.0 Å². The fourth-order valence-corrected chi connectivity index (χ4v) is 6.10. The molecular formula is C30H28FN5O5. The number of halogens is 1. The van der Waals surface area contributed by atoms with E-state index in [9.17, 15) is 9.59 Å². The summed E-state index contributed by atoms with van der Waals surface area (Å²) in [5, 5.41) is 14.4. The zero-order chi connectivity index (χ0) is 28.3. The standard InChI is InChI=1S/C30H28FN5O5/c1-39-17-4-6-23-20(12-17)30(29(38)33-23)15-21(30)16-3-5-18-24(11-16)34-35-27(18)32-25-14-22(31)19(13-26(25)40-2)28(37)36-7-9-41-10-8-36/h3-6,11-14,21H,7-10,15H2,1-2H3,(H,33,38)(H2,32,34,35). The monoisotopic (exact) mass is 557 g/mol. The molecule has 7 rings (SSSR count). The summed E-state index contributed by atoms with van der Waals surface area (Å²) in [4.78, 5) is 27.5. The lowest BCUT2D eigenvalue weighted by atomic mass is 9.91. The van der Waals surface area contributed by atoms with Crippen LogP contribution in [0.25, 0.3) is 10.9 Å². The van der Waals surface area contributed by atoms with Gasteiger partial charge < -0.3 is 29.7 Å². The molecule has 3 N–H and O–H groups in total. The number of nitrogens with zero attached hydrogens (tertiary/aromatic N) is 2. The first-order chi connectivity index (χ1) is 19.9. The van der Waals surface area contributed by atoms with Crippen molar-refractivity contribution in [1.29, 1.82) is 0 Å². The van der Waals surface area contributed by atoms with Gasteiger partial charge in [-0.3, -0.25) is 14.7 Å². The highest BCUT2D eigenvalue weighted by molar-refractivity contribution is 6.10. The van der Waals surface area contributed by atoms with E-state index < -0.39 is 17.1 Å². The number of H-pyrrole nitrogens is 1. The third-order valence-electron chi connectivity index (χ3n) is 8.38. The number of aromatic amines is 1. The molecule has 3 aliphatic rings. The number of amides is 2. The van der Waals surface area contributed by atoms with E-state index in [-0.39, 0.29) is 17.4 Å². The maximum absolute atomic E-state index is 15.1. The Labute approximate surface area is 234 Å². The molecule has 1 aromatic heterocycles. The number of anilines is 3. The smallest absolute Gasteiger partial charge is 0.257 e. The number of hydrogen-bond acceptors (Lipinski definition) is 7. The SMILES string of the molecule is COc1ccc2c(c1)C1(CC1c1ccc3c(Nc4cc(F)c(C(=O)N5CCOCC5)cc4OC)n[nH]c3c1)C(=O)N2. The molecule has 2 atom stereocenters. The molecule has 3 heterocycles. The van der Waals surface area contributed by atoms with Crippen molar-refractivity contribution in [3.05, 3.63) is 71.0 Å². The normalized spacial score (nSPS) is 21.1. The van der Waals surface area contributed by atoms with Crippen molar-refractivity contribution in [2.45, 2.75) is 17.8 Å². The maximum Gasteiger partial charge on any atom is 0.257 e. The number of ether oxygens (including phenoxy) is 3. The Morgan fingerprint density at radius 2 is 1.95 bits per heavy atom. The van der Waals surface area contributed by atoms with Crippen LogP contribution in [0.2, 0.25) is 0 Å². The fourth-order valence-electron chi connectivity index (χ4n) is 6.10. The second-order valence-electron chi connectivity index (χ2n) is 10.5. The molecule has 4 aromatic rings. The summed E-state index contributed by atoms with van der Waals surface area (Å²) in [7, 11) is 3.08. The van der Waals surface area contributed by atoms with Crippen molar-refractivity contribution >= 4 is 39.9 Å². The molecule has 1 saturated carbocycles. The van der Waals surface area contributed by atoms with Crippen LogP contribution in [0.5, 0.6) is 11.5 Å². The number of nitrogens with one attached hydrogen (secondary N) is 3. The topological polar surface area (TPSA) is 118 Å². The highest BCUT2D eigenvalue weighted by Gasteiger charge is 2.65. The highest BCUT2D eigenvalue weighted by atomic mass is 19.1. The van der Waals surface area contributed by atoms with E-state index in [1.165, 1.54) is 19.2 Å². The number of fused-ring (bicyclic) bond motifs is 3. The number of aromatic nitrogens is 2. The molecule has 2 aliphatic heterocycles. The van der Waals surface area contributed by atoms with Gasteiger partial charge in [0.1, 0.15) is 17.3 Å². The molecule has 2 unspecified atom stereocenters. The number of carbonyl (C=O) groups excluding carboxylic acids is 2. The van der Waals surface area contributed by atoms with Crippen molar-refractivity contribution in [3.63, 3.8) is 0 Å². The van der Waals surface area contributed by atoms with Gasteiger partial charge in [-0.1, -0.05) is 6.07 Å². The Balaban J connectivity index is 1.15. The van der Waals surface area contributed by atoms with Crippen LogP contribution in [0.15, 0.2) is 48.5 Å². The van der Waals surface area contributed by atoms with E-state index in [0.29, 0.717) is 50.0 Å². The molecule has 0 bridgehead atoms. The molecule has 41 heavy (non-hydrogen) atoms. The largest absolute Gasteiger partial charge is 0.497 e. The minimum absolute atomic E-state index is 0.00230. The molecule has 1 saturated heterocycles. The molecule has 1 spiro atoms. The number of hydrogen-bond donors (Lipinski definition) is 3. The van der Waals surface area contributed by atoms with E-state index >= 15 is 4.39 Å². The van der Waals surface area contributed by atoms with Crippen molar-refractivity contribution in [2.75, 3.05) is 51.2 Å². The van der Waals surface area contributed by atoms with Crippen molar-refractivity contribution in [3.8, 4) is 11.5 Å². The fraction of sp³-hybridized carbons (Fsp3) is 0.300. The van der Waals surface area contributed by atoms with E-state index in [1.807, 2.05) is 36.4 Å². The van der Waals surface area contributed by atoms with Gasteiger partial charge in [-0.2, -0.15) is 5.10 Å². The van der Waals surface area contributed by atoms with E-state index in [0.717, 1.165) is 33.5 Å². The van der Waals surface area contributed by atoms with Crippen LogP contribution in [0.4, 0.5) is 21.6 Å². The van der Waals surface area contributed by atoms with Gasteiger partial charge in [-0.05, 0) is 53.9 Å². The zero-order valence-corrected chi connectivity index (χ0v) is 22.5. The summed E-state index contributed by atoms with van der Waals surface area (Å²) in [5.74, 6) is 0.484. The molecule has 2 amide bonds. The Bertz CT molecular complexity index is 1720. The highest BCUT2D eigenvalue weighted by Crippen LogP contribution is 2.65. The quantitative estimate of drug-likeness (QED) is 0.323. The summed E-state index contributed by atoms with van der Waals surface area (Å²) in [6.45, 7) is 1.68. The lowest BCUT2D eigenvalue weighted by molar-refractivity contribution is -0.118. The number of rotatable bonds is 6. The van der Waals surface area contributed by atoms with Gasteiger partial charge in [0, 0.05) is 36.1 Å². The summed E-state index contributed by atoms with van der Waals surface area (Å²) in [5.41, 5.74) is 3.26. The lowest BCUT2D eigenvalue weighted by Gasteiger charge is -2.27. The average Bonchev–Trinajstić information content (AvgIpc) is 3.55. The Kier molecular flexibility index (Phi) is 5.86. The van der Waals surface area contributed by atoms with Gasteiger partial charge >= 0.3 is 0 Å².